The lowest BCUT2D eigenvalue weighted by Gasteiger charge is -2.32. The Hall–Kier alpha value is -1.07. The fourth-order valence-corrected chi connectivity index (χ4v) is 3.84. The number of guanidine groups is 1. The maximum atomic E-state index is 11.3. The molecule has 0 unspecified atom stereocenters. The number of hydrogen-bond donors (Lipinski definition) is 3. The Kier molecular flexibility index (Phi) is 11.9. The third kappa shape index (κ3) is 11.0. The third-order valence-corrected chi connectivity index (χ3v) is 5.80. The summed E-state index contributed by atoms with van der Waals surface area (Å²) >= 11 is 0. The lowest BCUT2D eigenvalue weighted by atomic mass is 10.1. The van der Waals surface area contributed by atoms with Gasteiger partial charge in [0, 0.05) is 45.0 Å². The minimum Gasteiger partial charge on any atom is -0.508 e. The maximum absolute atomic E-state index is 11.3. The van der Waals surface area contributed by atoms with Crippen LogP contribution in [0.15, 0.2) is 29.3 Å². The number of hydrogen-bond acceptors (Lipinski definition) is 5. The highest BCUT2D eigenvalue weighted by atomic mass is 127. The van der Waals surface area contributed by atoms with Crippen molar-refractivity contribution in [3.8, 4) is 5.75 Å². The first-order chi connectivity index (χ1) is 13.4. The Labute approximate surface area is 192 Å². The van der Waals surface area contributed by atoms with E-state index in [0.717, 1.165) is 57.8 Å². The normalized spacial score (nSPS) is 16.3. The monoisotopic (exact) mass is 538 g/mol. The first-order valence-electron chi connectivity index (χ1n) is 10.1. The van der Waals surface area contributed by atoms with Crippen LogP contribution < -0.4 is 10.6 Å². The number of nitrogens with one attached hydrogen (secondary N) is 2. The molecule has 3 N–H and O–H groups in total. The van der Waals surface area contributed by atoms with Gasteiger partial charge in [0.15, 0.2) is 5.96 Å². The molecule has 9 heteroatoms. The SMILES string of the molecule is CCNC(=NCCCc1ccc(O)cc1)NC1CCN(CCS(C)(=O)=O)CC1.I. The predicted octanol–water partition coefficient (Wildman–Crippen LogP) is 2.01. The number of halogens is 1. The Morgan fingerprint density at radius 1 is 1.24 bits per heavy atom. The molecule has 1 aliphatic heterocycles. The minimum atomic E-state index is -2.90. The van der Waals surface area contributed by atoms with Gasteiger partial charge in [-0.15, -0.1) is 24.0 Å². The topological polar surface area (TPSA) is 94.0 Å². The van der Waals surface area contributed by atoms with E-state index in [1.54, 1.807) is 12.1 Å². The maximum Gasteiger partial charge on any atom is 0.191 e. The molecule has 1 saturated heterocycles. The molecule has 7 nitrogen and oxygen atoms in total. The highest BCUT2D eigenvalue weighted by Gasteiger charge is 2.20. The zero-order valence-electron chi connectivity index (χ0n) is 17.4. The second-order valence-electron chi connectivity index (χ2n) is 7.42. The number of phenols is 1. The molecular weight excluding hydrogens is 503 g/mol. The van der Waals surface area contributed by atoms with E-state index in [4.69, 9.17) is 0 Å². The summed E-state index contributed by atoms with van der Waals surface area (Å²) in [7, 11) is -2.90. The number of likely N-dealkylation sites (tertiary alicyclic amines) is 1. The largest absolute Gasteiger partial charge is 0.508 e. The van der Waals surface area contributed by atoms with Gasteiger partial charge in [0.05, 0.1) is 5.75 Å². The molecule has 0 amide bonds. The van der Waals surface area contributed by atoms with E-state index in [9.17, 15) is 13.5 Å². The Morgan fingerprint density at radius 2 is 1.90 bits per heavy atom. The molecule has 1 aromatic rings. The Bertz CT molecular complexity index is 718. The Balaban J connectivity index is 0.00000420. The van der Waals surface area contributed by atoms with Gasteiger partial charge in [-0.05, 0) is 50.3 Å². The van der Waals surface area contributed by atoms with Crippen molar-refractivity contribution in [2.24, 2.45) is 4.99 Å². The number of sulfone groups is 1. The first kappa shape index (κ1) is 26.0. The molecule has 166 valence electrons. The van der Waals surface area contributed by atoms with Crippen LogP contribution in [-0.4, -0.2) is 75.2 Å². The van der Waals surface area contributed by atoms with E-state index in [-0.39, 0.29) is 29.7 Å². The number of aliphatic imine (C=N–C) groups is 1. The van der Waals surface area contributed by atoms with Gasteiger partial charge >= 0.3 is 0 Å². The van der Waals surface area contributed by atoms with Gasteiger partial charge < -0.3 is 20.6 Å². The second-order valence-corrected chi connectivity index (χ2v) is 9.68. The fourth-order valence-electron chi connectivity index (χ4n) is 3.25. The molecule has 0 saturated carbocycles. The average molecular weight is 538 g/mol. The van der Waals surface area contributed by atoms with Gasteiger partial charge in [0.25, 0.3) is 0 Å². The molecular formula is C20H35IN4O3S. The summed E-state index contributed by atoms with van der Waals surface area (Å²) in [6, 6.07) is 7.68. The van der Waals surface area contributed by atoms with E-state index in [1.807, 2.05) is 12.1 Å². The van der Waals surface area contributed by atoms with Crippen LogP contribution in [0.3, 0.4) is 0 Å². The van der Waals surface area contributed by atoms with Gasteiger partial charge in [-0.2, -0.15) is 0 Å². The summed E-state index contributed by atoms with van der Waals surface area (Å²) in [5.41, 5.74) is 1.20. The number of phenolic OH excluding ortho intramolecular Hbond substituents is 1. The molecule has 0 aliphatic carbocycles. The van der Waals surface area contributed by atoms with Crippen LogP contribution in [0.1, 0.15) is 31.7 Å². The molecule has 0 bridgehead atoms. The van der Waals surface area contributed by atoms with Gasteiger partial charge in [-0.3, -0.25) is 4.99 Å². The summed E-state index contributed by atoms with van der Waals surface area (Å²) < 4.78 is 22.6. The summed E-state index contributed by atoms with van der Waals surface area (Å²) in [6.07, 6.45) is 5.15. The number of benzene rings is 1. The molecule has 1 aromatic carbocycles. The average Bonchev–Trinajstić information content (AvgIpc) is 2.65. The van der Waals surface area contributed by atoms with Crippen molar-refractivity contribution in [3.63, 3.8) is 0 Å². The third-order valence-electron chi connectivity index (χ3n) is 4.88. The molecule has 1 fully saturated rings. The first-order valence-corrected chi connectivity index (χ1v) is 12.1. The van der Waals surface area contributed by atoms with Crippen molar-refractivity contribution in [1.29, 1.82) is 0 Å². The summed E-state index contributed by atoms with van der Waals surface area (Å²) in [5, 5.41) is 16.2. The van der Waals surface area contributed by atoms with Crippen LogP contribution in [0.25, 0.3) is 0 Å². The number of aromatic hydroxyl groups is 1. The summed E-state index contributed by atoms with van der Waals surface area (Å²) in [5.74, 6) is 1.38. The van der Waals surface area contributed by atoms with Crippen molar-refractivity contribution in [2.45, 2.75) is 38.6 Å². The van der Waals surface area contributed by atoms with Gasteiger partial charge in [0.2, 0.25) is 0 Å². The standard InChI is InChI=1S/C20H34N4O3S.HI/c1-3-21-20(22-12-4-5-17-6-8-19(25)9-7-17)23-18-10-13-24(14-11-18)15-16-28(2,26)27;/h6-9,18,25H,3-5,10-16H2,1-2H3,(H2,21,22,23);1H. The van der Waals surface area contributed by atoms with E-state index in [0.29, 0.717) is 18.3 Å². The van der Waals surface area contributed by atoms with Gasteiger partial charge in [0.1, 0.15) is 15.6 Å². The lowest BCUT2D eigenvalue weighted by Crippen LogP contribution is -2.49. The molecule has 1 aliphatic rings. The molecule has 0 atom stereocenters. The van der Waals surface area contributed by atoms with E-state index >= 15 is 0 Å². The highest BCUT2D eigenvalue weighted by molar-refractivity contribution is 14.0. The highest BCUT2D eigenvalue weighted by Crippen LogP contribution is 2.12. The molecule has 0 aromatic heterocycles. The van der Waals surface area contributed by atoms with Crippen LogP contribution in [-0.2, 0) is 16.3 Å². The molecule has 1 heterocycles. The van der Waals surface area contributed by atoms with E-state index in [1.165, 1.54) is 11.8 Å². The molecule has 0 spiro atoms. The predicted molar refractivity (Wildman–Crippen MR) is 130 cm³/mol. The summed E-state index contributed by atoms with van der Waals surface area (Å²) in [6.45, 7) is 6.06. The van der Waals surface area contributed by atoms with Crippen LogP contribution in [0, 0.1) is 0 Å². The quantitative estimate of drug-likeness (QED) is 0.193. The van der Waals surface area contributed by atoms with Gasteiger partial charge in [-0.1, -0.05) is 12.1 Å². The number of nitrogens with zero attached hydrogens (tertiary/aromatic N) is 2. The van der Waals surface area contributed by atoms with Crippen LogP contribution in [0.5, 0.6) is 5.75 Å². The van der Waals surface area contributed by atoms with Crippen LogP contribution in [0.4, 0.5) is 0 Å². The van der Waals surface area contributed by atoms with Crippen LogP contribution in [0.2, 0.25) is 0 Å². The zero-order valence-corrected chi connectivity index (χ0v) is 20.6. The molecule has 0 radical (unpaired) electrons. The molecule has 2 rings (SSSR count). The van der Waals surface area contributed by atoms with E-state index in [2.05, 4.69) is 27.4 Å². The Morgan fingerprint density at radius 3 is 2.48 bits per heavy atom. The smallest absolute Gasteiger partial charge is 0.191 e. The van der Waals surface area contributed by atoms with Gasteiger partial charge in [-0.25, -0.2) is 8.42 Å². The van der Waals surface area contributed by atoms with Crippen molar-refractivity contribution in [1.82, 2.24) is 15.5 Å². The number of piperidine rings is 1. The second kappa shape index (κ2) is 13.3. The van der Waals surface area contributed by atoms with Crippen molar-refractivity contribution in [2.75, 3.05) is 44.7 Å². The minimum absolute atomic E-state index is 0. The summed E-state index contributed by atoms with van der Waals surface area (Å²) in [4.78, 5) is 6.90. The van der Waals surface area contributed by atoms with Crippen molar-refractivity contribution < 1.29 is 13.5 Å². The van der Waals surface area contributed by atoms with Crippen LogP contribution >= 0.6 is 24.0 Å². The molecule has 29 heavy (non-hydrogen) atoms. The lowest BCUT2D eigenvalue weighted by molar-refractivity contribution is 0.216. The van der Waals surface area contributed by atoms with Crippen molar-refractivity contribution >= 4 is 39.8 Å². The fraction of sp³-hybridized carbons (Fsp3) is 0.650. The van der Waals surface area contributed by atoms with Crippen molar-refractivity contribution in [3.05, 3.63) is 29.8 Å². The van der Waals surface area contributed by atoms with E-state index < -0.39 is 9.84 Å². The zero-order chi connectivity index (χ0) is 20.4. The number of aryl methyl sites for hydroxylation is 1. The number of rotatable bonds is 9.